The van der Waals surface area contributed by atoms with Crippen molar-refractivity contribution < 1.29 is 0 Å². The highest BCUT2D eigenvalue weighted by Crippen LogP contribution is 2.72. The van der Waals surface area contributed by atoms with E-state index in [1.54, 1.807) is 11.3 Å². The SMILES string of the molecule is CCCNC(c1cc(Br)c(C)s1)C1C2C3CCC(C3)C21. The standard InChI is InChI=1S/C17H24BrNS/c1-3-6-19-17(13-8-12(18)9(2)20-13)16-14-10-4-5-11(7-10)15(14)16/h8,10-11,14-17,19H,3-7H2,1-2H3. The lowest BCUT2D eigenvalue weighted by Gasteiger charge is -2.21. The Morgan fingerprint density at radius 1 is 1.35 bits per heavy atom. The lowest BCUT2D eigenvalue weighted by molar-refractivity contribution is 0.373. The van der Waals surface area contributed by atoms with Crippen molar-refractivity contribution in [1.29, 1.82) is 0 Å². The third-order valence-corrected chi connectivity index (χ3v) is 8.20. The highest BCUT2D eigenvalue weighted by Gasteiger charge is 2.66. The van der Waals surface area contributed by atoms with Gasteiger partial charge in [0.2, 0.25) is 0 Å². The average Bonchev–Trinajstić information content (AvgIpc) is 2.74. The largest absolute Gasteiger partial charge is 0.309 e. The van der Waals surface area contributed by atoms with Crippen LogP contribution in [0.25, 0.3) is 0 Å². The molecule has 3 saturated carbocycles. The molecule has 3 aliphatic rings. The number of fused-ring (bicyclic) bond motifs is 5. The summed E-state index contributed by atoms with van der Waals surface area (Å²) in [4.78, 5) is 3.00. The molecule has 0 spiro atoms. The monoisotopic (exact) mass is 353 g/mol. The molecule has 5 unspecified atom stereocenters. The van der Waals surface area contributed by atoms with Gasteiger partial charge in [-0.25, -0.2) is 0 Å². The third-order valence-electron chi connectivity index (χ3n) is 5.98. The quantitative estimate of drug-likeness (QED) is 0.771. The van der Waals surface area contributed by atoms with Gasteiger partial charge in [0.25, 0.3) is 0 Å². The summed E-state index contributed by atoms with van der Waals surface area (Å²) in [5.41, 5.74) is 0. The Hall–Kier alpha value is 0.140. The zero-order chi connectivity index (χ0) is 13.9. The fourth-order valence-electron chi connectivity index (χ4n) is 5.20. The molecule has 1 N–H and O–H groups in total. The van der Waals surface area contributed by atoms with Gasteiger partial charge in [0, 0.05) is 20.3 Å². The van der Waals surface area contributed by atoms with Crippen LogP contribution in [0.3, 0.4) is 0 Å². The first-order valence-electron chi connectivity index (χ1n) is 8.20. The minimum absolute atomic E-state index is 0.628. The smallest absolute Gasteiger partial charge is 0.0449 e. The summed E-state index contributed by atoms with van der Waals surface area (Å²) in [5.74, 6) is 5.21. The highest BCUT2D eigenvalue weighted by molar-refractivity contribution is 9.10. The van der Waals surface area contributed by atoms with Crippen molar-refractivity contribution >= 4 is 27.3 Å². The Morgan fingerprint density at radius 3 is 2.60 bits per heavy atom. The van der Waals surface area contributed by atoms with Crippen LogP contribution in [-0.4, -0.2) is 6.54 Å². The number of hydrogen-bond donors (Lipinski definition) is 1. The third kappa shape index (κ3) is 2.04. The molecule has 0 radical (unpaired) electrons. The van der Waals surface area contributed by atoms with E-state index < -0.39 is 0 Å². The van der Waals surface area contributed by atoms with E-state index in [-0.39, 0.29) is 0 Å². The zero-order valence-electron chi connectivity index (χ0n) is 12.4. The van der Waals surface area contributed by atoms with Gasteiger partial charge in [-0.05, 0) is 90.7 Å². The number of hydrogen-bond acceptors (Lipinski definition) is 2. The van der Waals surface area contributed by atoms with E-state index in [1.165, 1.54) is 28.6 Å². The maximum absolute atomic E-state index is 3.88. The molecule has 2 bridgehead atoms. The fraction of sp³-hybridized carbons (Fsp3) is 0.765. The van der Waals surface area contributed by atoms with E-state index in [9.17, 15) is 0 Å². The van der Waals surface area contributed by atoms with Crippen LogP contribution in [0.5, 0.6) is 0 Å². The second-order valence-electron chi connectivity index (χ2n) is 7.05. The topological polar surface area (TPSA) is 12.0 Å². The summed E-state index contributed by atoms with van der Waals surface area (Å²) in [5, 5.41) is 3.88. The van der Waals surface area contributed by atoms with E-state index >= 15 is 0 Å². The van der Waals surface area contributed by atoms with E-state index in [0.717, 1.165) is 36.1 Å². The summed E-state index contributed by atoms with van der Waals surface area (Å²) < 4.78 is 1.30. The predicted octanol–water partition coefficient (Wildman–Crippen LogP) is 5.15. The molecule has 1 aromatic rings. The minimum atomic E-state index is 0.628. The fourth-order valence-corrected chi connectivity index (χ4v) is 6.89. The van der Waals surface area contributed by atoms with Crippen LogP contribution in [0.4, 0.5) is 0 Å². The summed E-state index contributed by atoms with van der Waals surface area (Å²) in [6.07, 6.45) is 5.84. The molecule has 0 aliphatic heterocycles. The van der Waals surface area contributed by atoms with Gasteiger partial charge in [-0.1, -0.05) is 6.92 Å². The summed E-state index contributed by atoms with van der Waals surface area (Å²) >= 11 is 5.70. The molecule has 1 nitrogen and oxygen atoms in total. The van der Waals surface area contributed by atoms with Crippen molar-refractivity contribution in [1.82, 2.24) is 5.32 Å². The van der Waals surface area contributed by atoms with Gasteiger partial charge in [0.15, 0.2) is 0 Å². The van der Waals surface area contributed by atoms with E-state index in [4.69, 9.17) is 0 Å². The van der Waals surface area contributed by atoms with Crippen molar-refractivity contribution in [2.45, 2.75) is 45.6 Å². The van der Waals surface area contributed by atoms with Crippen molar-refractivity contribution in [3.05, 3.63) is 20.3 Å². The summed E-state index contributed by atoms with van der Waals surface area (Å²) in [6, 6.07) is 3.01. The van der Waals surface area contributed by atoms with Crippen molar-refractivity contribution in [3.8, 4) is 0 Å². The van der Waals surface area contributed by atoms with Crippen LogP contribution in [0.15, 0.2) is 10.5 Å². The molecule has 5 atom stereocenters. The van der Waals surface area contributed by atoms with Gasteiger partial charge in [0.05, 0.1) is 0 Å². The van der Waals surface area contributed by atoms with Crippen molar-refractivity contribution in [2.24, 2.45) is 29.6 Å². The highest BCUT2D eigenvalue weighted by atomic mass is 79.9. The molecule has 110 valence electrons. The second kappa shape index (κ2) is 5.10. The Morgan fingerprint density at radius 2 is 2.05 bits per heavy atom. The zero-order valence-corrected chi connectivity index (χ0v) is 14.8. The molecule has 0 amide bonds. The molecule has 0 aromatic carbocycles. The molecular formula is C17H24BrNS. The summed E-state index contributed by atoms with van der Waals surface area (Å²) in [6.45, 7) is 5.66. The maximum atomic E-state index is 3.88. The Balaban J connectivity index is 1.57. The normalized spacial score (nSPS) is 39.0. The number of aryl methyl sites for hydroxylation is 1. The van der Waals surface area contributed by atoms with Gasteiger partial charge in [0.1, 0.15) is 0 Å². The van der Waals surface area contributed by atoms with Gasteiger partial charge in [-0.3, -0.25) is 0 Å². The minimum Gasteiger partial charge on any atom is -0.309 e. The first kappa shape index (κ1) is 13.8. The maximum Gasteiger partial charge on any atom is 0.0449 e. The Labute approximate surface area is 134 Å². The van der Waals surface area contributed by atoms with Crippen LogP contribution in [0.1, 0.15) is 48.4 Å². The second-order valence-corrected chi connectivity index (χ2v) is 9.19. The number of halogens is 1. The molecule has 20 heavy (non-hydrogen) atoms. The average molecular weight is 354 g/mol. The van der Waals surface area contributed by atoms with Crippen molar-refractivity contribution in [3.63, 3.8) is 0 Å². The molecular weight excluding hydrogens is 330 g/mol. The van der Waals surface area contributed by atoms with Crippen LogP contribution < -0.4 is 5.32 Å². The van der Waals surface area contributed by atoms with Crippen molar-refractivity contribution in [2.75, 3.05) is 6.54 Å². The molecule has 0 saturated heterocycles. The molecule has 1 heterocycles. The predicted molar refractivity (Wildman–Crippen MR) is 89.1 cm³/mol. The van der Waals surface area contributed by atoms with Gasteiger partial charge >= 0.3 is 0 Å². The lowest BCUT2D eigenvalue weighted by atomic mass is 9.96. The number of nitrogens with one attached hydrogen (secondary N) is 1. The first-order chi connectivity index (χ1) is 9.70. The van der Waals surface area contributed by atoms with Crippen LogP contribution in [-0.2, 0) is 0 Å². The van der Waals surface area contributed by atoms with Gasteiger partial charge < -0.3 is 5.32 Å². The van der Waals surface area contributed by atoms with Crippen LogP contribution >= 0.6 is 27.3 Å². The van der Waals surface area contributed by atoms with Crippen LogP contribution in [0, 0.1) is 36.5 Å². The molecule has 3 heteroatoms. The summed E-state index contributed by atoms with van der Waals surface area (Å²) in [7, 11) is 0. The van der Waals surface area contributed by atoms with E-state index in [1.807, 2.05) is 11.3 Å². The van der Waals surface area contributed by atoms with Gasteiger partial charge in [-0.15, -0.1) is 11.3 Å². The van der Waals surface area contributed by atoms with E-state index in [0.29, 0.717) is 6.04 Å². The lowest BCUT2D eigenvalue weighted by Crippen LogP contribution is -2.25. The molecule has 3 aliphatic carbocycles. The first-order valence-corrected chi connectivity index (χ1v) is 9.81. The molecule has 3 fully saturated rings. The number of rotatable bonds is 5. The molecule has 1 aromatic heterocycles. The number of thiophene rings is 1. The molecule has 4 rings (SSSR count). The van der Waals surface area contributed by atoms with E-state index in [2.05, 4.69) is 41.2 Å². The Bertz CT molecular complexity index is 476. The Kier molecular flexibility index (Phi) is 3.51. The van der Waals surface area contributed by atoms with Crippen LogP contribution in [0.2, 0.25) is 0 Å². The van der Waals surface area contributed by atoms with Gasteiger partial charge in [-0.2, -0.15) is 0 Å².